The number of carboxylic acids is 1. The second-order valence-corrected chi connectivity index (χ2v) is 6.78. The SMILES string of the molecule is CC(C)(C)[C@H](NC(=O)CN)C(=O)O.Fc1ccc(-c2ccccc2)cc1. The third-order valence-electron chi connectivity index (χ3n) is 3.56. The number of hydrogen-bond acceptors (Lipinski definition) is 3. The van der Waals surface area contributed by atoms with E-state index in [-0.39, 0.29) is 12.4 Å². The average Bonchev–Trinajstić information content (AvgIpc) is 2.60. The first-order chi connectivity index (χ1) is 12.1. The number of carboxylic acid groups (broad SMARTS) is 1. The quantitative estimate of drug-likeness (QED) is 0.781. The first kappa shape index (κ1) is 21.3. The molecule has 0 saturated heterocycles. The van der Waals surface area contributed by atoms with Crippen LogP contribution in [0.2, 0.25) is 0 Å². The van der Waals surface area contributed by atoms with Crippen molar-refractivity contribution in [3.05, 3.63) is 60.4 Å². The summed E-state index contributed by atoms with van der Waals surface area (Å²) in [5.74, 6) is -1.70. The molecule has 0 fully saturated rings. The van der Waals surface area contributed by atoms with E-state index in [1.165, 1.54) is 12.1 Å². The van der Waals surface area contributed by atoms with Gasteiger partial charge in [-0.3, -0.25) is 4.79 Å². The van der Waals surface area contributed by atoms with Crippen molar-refractivity contribution in [2.75, 3.05) is 6.54 Å². The van der Waals surface area contributed by atoms with E-state index in [0.717, 1.165) is 11.1 Å². The summed E-state index contributed by atoms with van der Waals surface area (Å²) in [7, 11) is 0. The molecule has 1 amide bonds. The predicted molar refractivity (Wildman–Crippen MR) is 99.9 cm³/mol. The normalized spacial score (nSPS) is 11.7. The van der Waals surface area contributed by atoms with Gasteiger partial charge in [-0.25, -0.2) is 9.18 Å². The maximum atomic E-state index is 12.6. The molecule has 1 atom stereocenters. The minimum absolute atomic E-state index is 0.195. The number of halogens is 1. The summed E-state index contributed by atoms with van der Waals surface area (Å²) >= 11 is 0. The van der Waals surface area contributed by atoms with Crippen LogP contribution >= 0.6 is 0 Å². The Morgan fingerprint density at radius 1 is 1.04 bits per heavy atom. The Kier molecular flexibility index (Phi) is 7.93. The van der Waals surface area contributed by atoms with Gasteiger partial charge in [0, 0.05) is 0 Å². The van der Waals surface area contributed by atoms with E-state index in [2.05, 4.69) is 5.32 Å². The highest BCUT2D eigenvalue weighted by atomic mass is 19.1. The van der Waals surface area contributed by atoms with Crippen molar-refractivity contribution >= 4 is 11.9 Å². The Balaban J connectivity index is 0.000000260. The molecular formula is C20H25FN2O3. The molecule has 0 aliphatic carbocycles. The van der Waals surface area contributed by atoms with Crippen LogP contribution in [-0.4, -0.2) is 29.6 Å². The topological polar surface area (TPSA) is 92.4 Å². The molecular weight excluding hydrogens is 335 g/mol. The fourth-order valence-corrected chi connectivity index (χ4v) is 2.14. The third kappa shape index (κ3) is 7.03. The largest absolute Gasteiger partial charge is 0.480 e. The number of amides is 1. The van der Waals surface area contributed by atoms with E-state index in [4.69, 9.17) is 10.8 Å². The van der Waals surface area contributed by atoms with E-state index in [9.17, 15) is 14.0 Å². The number of nitrogens with one attached hydrogen (secondary N) is 1. The van der Waals surface area contributed by atoms with E-state index >= 15 is 0 Å². The van der Waals surface area contributed by atoms with E-state index < -0.39 is 23.3 Å². The highest BCUT2D eigenvalue weighted by Gasteiger charge is 2.32. The molecule has 26 heavy (non-hydrogen) atoms. The molecule has 0 bridgehead atoms. The Labute approximate surface area is 153 Å². The summed E-state index contributed by atoms with van der Waals surface area (Å²) in [6, 6.07) is 15.5. The second kappa shape index (κ2) is 9.68. The zero-order valence-corrected chi connectivity index (χ0v) is 15.2. The molecule has 0 unspecified atom stereocenters. The molecule has 0 aliphatic heterocycles. The summed E-state index contributed by atoms with van der Waals surface area (Å²) < 4.78 is 12.6. The van der Waals surface area contributed by atoms with Crippen LogP contribution in [0.4, 0.5) is 4.39 Å². The number of hydrogen-bond donors (Lipinski definition) is 3. The van der Waals surface area contributed by atoms with E-state index in [1.54, 1.807) is 32.9 Å². The zero-order valence-electron chi connectivity index (χ0n) is 15.2. The summed E-state index contributed by atoms with van der Waals surface area (Å²) in [5.41, 5.74) is 6.70. The van der Waals surface area contributed by atoms with E-state index in [1.807, 2.05) is 30.3 Å². The van der Waals surface area contributed by atoms with Gasteiger partial charge in [0.05, 0.1) is 6.54 Å². The maximum Gasteiger partial charge on any atom is 0.326 e. The van der Waals surface area contributed by atoms with Crippen molar-refractivity contribution in [1.29, 1.82) is 0 Å². The van der Waals surface area contributed by atoms with Gasteiger partial charge in [0.1, 0.15) is 11.9 Å². The predicted octanol–water partition coefficient (Wildman–Crippen LogP) is 3.05. The first-order valence-electron chi connectivity index (χ1n) is 8.18. The number of carbonyl (C=O) groups is 2. The smallest absolute Gasteiger partial charge is 0.326 e. The van der Waals surface area contributed by atoms with Gasteiger partial charge in [-0.05, 0) is 28.7 Å². The fraction of sp³-hybridized carbons (Fsp3) is 0.300. The van der Waals surface area contributed by atoms with Gasteiger partial charge in [0.15, 0.2) is 0 Å². The molecule has 0 radical (unpaired) electrons. The number of rotatable bonds is 4. The molecule has 4 N–H and O–H groups in total. The molecule has 2 rings (SSSR count). The van der Waals surface area contributed by atoms with Crippen LogP contribution in [0.15, 0.2) is 54.6 Å². The highest BCUT2D eigenvalue weighted by molar-refractivity contribution is 5.85. The highest BCUT2D eigenvalue weighted by Crippen LogP contribution is 2.19. The molecule has 0 spiro atoms. The minimum atomic E-state index is -1.05. The molecule has 0 heterocycles. The third-order valence-corrected chi connectivity index (χ3v) is 3.56. The van der Waals surface area contributed by atoms with Gasteiger partial charge in [0.2, 0.25) is 5.91 Å². The first-order valence-corrected chi connectivity index (χ1v) is 8.18. The van der Waals surface area contributed by atoms with Crippen molar-refractivity contribution in [3.8, 4) is 11.1 Å². The lowest BCUT2D eigenvalue weighted by molar-refractivity contribution is -0.144. The van der Waals surface area contributed by atoms with Crippen LogP contribution in [0.1, 0.15) is 20.8 Å². The Morgan fingerprint density at radius 3 is 1.96 bits per heavy atom. The van der Waals surface area contributed by atoms with Gasteiger partial charge >= 0.3 is 5.97 Å². The van der Waals surface area contributed by atoms with Crippen molar-refractivity contribution in [2.24, 2.45) is 11.1 Å². The fourth-order valence-electron chi connectivity index (χ4n) is 2.14. The summed E-state index contributed by atoms with van der Waals surface area (Å²) in [4.78, 5) is 21.6. The van der Waals surface area contributed by atoms with Crippen LogP contribution in [-0.2, 0) is 9.59 Å². The molecule has 0 aromatic heterocycles. The lowest BCUT2D eigenvalue weighted by atomic mass is 9.87. The molecule has 0 aliphatic rings. The second-order valence-electron chi connectivity index (χ2n) is 6.78. The number of carbonyl (C=O) groups excluding carboxylic acids is 1. The number of benzene rings is 2. The lowest BCUT2D eigenvalue weighted by Gasteiger charge is -2.27. The average molecular weight is 360 g/mol. The van der Waals surface area contributed by atoms with Crippen LogP contribution in [0.3, 0.4) is 0 Å². The van der Waals surface area contributed by atoms with Crippen molar-refractivity contribution in [1.82, 2.24) is 5.32 Å². The van der Waals surface area contributed by atoms with Crippen LogP contribution in [0.25, 0.3) is 11.1 Å². The standard InChI is InChI=1S/C12H9F.C8H16N2O3/c13-12-8-6-11(7-9-12)10-4-2-1-3-5-10;1-8(2,3)6(7(12)13)10-5(11)4-9/h1-9H;6H,4,9H2,1-3H3,(H,10,11)(H,12,13)/t;6-/m.1/s1. The van der Waals surface area contributed by atoms with Crippen LogP contribution in [0.5, 0.6) is 0 Å². The van der Waals surface area contributed by atoms with Gasteiger partial charge in [-0.2, -0.15) is 0 Å². The molecule has 0 saturated carbocycles. The molecule has 6 heteroatoms. The van der Waals surface area contributed by atoms with Gasteiger partial charge in [-0.15, -0.1) is 0 Å². The molecule has 2 aromatic carbocycles. The Morgan fingerprint density at radius 2 is 1.54 bits per heavy atom. The monoisotopic (exact) mass is 360 g/mol. The van der Waals surface area contributed by atoms with E-state index in [0.29, 0.717) is 0 Å². The van der Waals surface area contributed by atoms with Crippen molar-refractivity contribution in [2.45, 2.75) is 26.8 Å². The Bertz CT molecular complexity index is 710. The summed E-state index contributed by atoms with van der Waals surface area (Å²) in [6.45, 7) is 5.02. The zero-order chi connectivity index (χ0) is 19.7. The summed E-state index contributed by atoms with van der Waals surface area (Å²) in [6.07, 6.45) is 0. The van der Waals surface area contributed by atoms with Crippen molar-refractivity contribution in [3.63, 3.8) is 0 Å². The van der Waals surface area contributed by atoms with Crippen molar-refractivity contribution < 1.29 is 19.1 Å². The maximum absolute atomic E-state index is 12.6. The van der Waals surface area contributed by atoms with Crippen LogP contribution < -0.4 is 11.1 Å². The number of nitrogens with two attached hydrogens (primary N) is 1. The molecule has 5 nitrogen and oxygen atoms in total. The minimum Gasteiger partial charge on any atom is -0.480 e. The summed E-state index contributed by atoms with van der Waals surface area (Å²) in [5, 5.41) is 11.1. The van der Waals surface area contributed by atoms with Crippen LogP contribution in [0, 0.1) is 11.2 Å². The van der Waals surface area contributed by atoms with Gasteiger partial charge in [0.25, 0.3) is 0 Å². The molecule has 2 aromatic rings. The Hall–Kier alpha value is -2.73. The van der Waals surface area contributed by atoms with Gasteiger partial charge < -0.3 is 16.2 Å². The lowest BCUT2D eigenvalue weighted by Crippen LogP contribution is -2.50. The van der Waals surface area contributed by atoms with Gasteiger partial charge in [-0.1, -0.05) is 63.2 Å². The number of aliphatic carboxylic acids is 1. The molecule has 140 valence electrons.